The Balaban J connectivity index is 1.31. The Morgan fingerprint density at radius 1 is 0.812 bits per heavy atom. The van der Waals surface area contributed by atoms with Crippen molar-refractivity contribution in [3.05, 3.63) is 71.5 Å². The summed E-state index contributed by atoms with van der Waals surface area (Å²) in [6.45, 7) is 4.99. The molecular formula is C25H26ClN5O. The number of nitrogens with zero attached hydrogens (tertiary/aromatic N) is 5. The molecule has 2 fully saturated rings. The summed E-state index contributed by atoms with van der Waals surface area (Å²) in [4.78, 5) is 29.0. The topological polar surface area (TPSA) is 52.6 Å². The Kier molecular flexibility index (Phi) is 5.95. The van der Waals surface area contributed by atoms with Crippen molar-refractivity contribution in [1.29, 1.82) is 0 Å². The molecule has 2 saturated heterocycles. The molecule has 0 N–H and O–H groups in total. The van der Waals surface area contributed by atoms with Crippen LogP contribution in [0.5, 0.6) is 0 Å². The Morgan fingerprint density at radius 2 is 1.53 bits per heavy atom. The van der Waals surface area contributed by atoms with Gasteiger partial charge >= 0.3 is 0 Å². The zero-order chi connectivity index (χ0) is 21.9. The summed E-state index contributed by atoms with van der Waals surface area (Å²) >= 11 is 6.00. The standard InChI is InChI=1S/C25H26ClN5O/c26-21-6-8-22(9-7-21)29-14-16-31(17-15-29)25(32)20-5-3-4-19(18-20)23-24(28-11-10-27-23)30-12-1-2-13-30/h3-11,18H,1-2,12-17H2. The monoisotopic (exact) mass is 447 g/mol. The number of aromatic nitrogens is 2. The average Bonchev–Trinajstić information content (AvgIpc) is 3.39. The van der Waals surface area contributed by atoms with Crippen molar-refractivity contribution in [2.24, 2.45) is 0 Å². The minimum absolute atomic E-state index is 0.0641. The number of amides is 1. The van der Waals surface area contributed by atoms with Crippen LogP contribution in [0.15, 0.2) is 60.9 Å². The van der Waals surface area contributed by atoms with Gasteiger partial charge in [-0.2, -0.15) is 0 Å². The number of rotatable bonds is 4. The fourth-order valence-corrected chi connectivity index (χ4v) is 4.62. The number of piperazine rings is 1. The second kappa shape index (κ2) is 9.17. The van der Waals surface area contributed by atoms with E-state index in [1.54, 1.807) is 12.4 Å². The van der Waals surface area contributed by atoms with Crippen LogP contribution < -0.4 is 9.80 Å². The smallest absolute Gasteiger partial charge is 0.253 e. The highest BCUT2D eigenvalue weighted by molar-refractivity contribution is 6.30. The fourth-order valence-electron chi connectivity index (χ4n) is 4.50. The van der Waals surface area contributed by atoms with E-state index in [9.17, 15) is 4.79 Å². The molecule has 0 aliphatic carbocycles. The predicted molar refractivity (Wildman–Crippen MR) is 128 cm³/mol. The van der Waals surface area contributed by atoms with Crippen LogP contribution in [0, 0.1) is 0 Å². The van der Waals surface area contributed by atoms with Gasteiger partial charge in [0.25, 0.3) is 5.91 Å². The van der Waals surface area contributed by atoms with Crippen LogP contribution in [0.1, 0.15) is 23.2 Å². The van der Waals surface area contributed by atoms with Gasteiger partial charge in [-0.1, -0.05) is 23.7 Å². The molecule has 164 valence electrons. The number of halogens is 1. The largest absolute Gasteiger partial charge is 0.368 e. The van der Waals surface area contributed by atoms with Gasteiger partial charge in [0.15, 0.2) is 5.82 Å². The molecule has 2 aromatic carbocycles. The summed E-state index contributed by atoms with van der Waals surface area (Å²) in [5, 5.41) is 0.735. The first kappa shape index (κ1) is 20.8. The summed E-state index contributed by atoms with van der Waals surface area (Å²) in [6, 6.07) is 15.7. The van der Waals surface area contributed by atoms with Crippen LogP contribution in [0.2, 0.25) is 5.02 Å². The molecule has 5 rings (SSSR count). The Labute approximate surface area is 193 Å². The number of carbonyl (C=O) groups excluding carboxylic acids is 1. The van der Waals surface area contributed by atoms with E-state index in [0.29, 0.717) is 18.7 Å². The van der Waals surface area contributed by atoms with Gasteiger partial charge in [0, 0.05) is 73.5 Å². The van der Waals surface area contributed by atoms with Gasteiger partial charge in [-0.3, -0.25) is 9.78 Å². The van der Waals surface area contributed by atoms with Crippen LogP contribution in [0.4, 0.5) is 11.5 Å². The molecule has 0 bridgehead atoms. The second-order valence-electron chi connectivity index (χ2n) is 8.26. The number of benzene rings is 2. The quantitative estimate of drug-likeness (QED) is 0.594. The molecule has 2 aliphatic rings. The van der Waals surface area contributed by atoms with Crippen molar-refractivity contribution in [1.82, 2.24) is 14.9 Å². The Morgan fingerprint density at radius 3 is 2.28 bits per heavy atom. The summed E-state index contributed by atoms with van der Waals surface area (Å²) in [6.07, 6.45) is 5.82. The highest BCUT2D eigenvalue weighted by Crippen LogP contribution is 2.30. The molecule has 0 unspecified atom stereocenters. The van der Waals surface area contributed by atoms with Gasteiger partial charge in [0.05, 0.1) is 0 Å². The minimum atomic E-state index is 0.0641. The SMILES string of the molecule is O=C(c1cccc(-c2nccnc2N2CCCC2)c1)N1CCN(c2ccc(Cl)cc2)CC1. The molecule has 1 aromatic heterocycles. The lowest BCUT2D eigenvalue weighted by atomic mass is 10.1. The molecule has 7 heteroatoms. The maximum atomic E-state index is 13.3. The first-order valence-corrected chi connectivity index (χ1v) is 11.5. The molecule has 0 atom stereocenters. The van der Waals surface area contributed by atoms with Crippen molar-refractivity contribution in [3.8, 4) is 11.3 Å². The lowest BCUT2D eigenvalue weighted by Crippen LogP contribution is -2.48. The lowest BCUT2D eigenvalue weighted by Gasteiger charge is -2.36. The first-order chi connectivity index (χ1) is 15.7. The zero-order valence-electron chi connectivity index (χ0n) is 18.0. The number of anilines is 2. The first-order valence-electron chi connectivity index (χ1n) is 11.2. The third-order valence-corrected chi connectivity index (χ3v) is 6.48. The van der Waals surface area contributed by atoms with Crippen LogP contribution in [-0.4, -0.2) is 60.0 Å². The van der Waals surface area contributed by atoms with Crippen molar-refractivity contribution >= 4 is 29.0 Å². The summed E-state index contributed by atoms with van der Waals surface area (Å²) < 4.78 is 0. The molecule has 0 radical (unpaired) electrons. The van der Waals surface area contributed by atoms with Gasteiger partial charge < -0.3 is 14.7 Å². The predicted octanol–water partition coefficient (Wildman–Crippen LogP) is 4.36. The Bertz CT molecular complexity index is 1090. The van der Waals surface area contributed by atoms with E-state index >= 15 is 0 Å². The van der Waals surface area contributed by atoms with Crippen LogP contribution in [0.3, 0.4) is 0 Å². The van der Waals surface area contributed by atoms with Gasteiger partial charge in [0.1, 0.15) is 5.69 Å². The van der Waals surface area contributed by atoms with Gasteiger partial charge in [-0.25, -0.2) is 4.98 Å². The summed E-state index contributed by atoms with van der Waals surface area (Å²) in [7, 11) is 0. The molecular weight excluding hydrogens is 422 g/mol. The molecule has 2 aliphatic heterocycles. The molecule has 1 amide bonds. The molecule has 3 heterocycles. The van der Waals surface area contributed by atoms with Crippen molar-refractivity contribution < 1.29 is 4.79 Å². The fraction of sp³-hybridized carbons (Fsp3) is 0.320. The van der Waals surface area contributed by atoms with Gasteiger partial charge in [0.2, 0.25) is 0 Å². The van der Waals surface area contributed by atoms with Crippen LogP contribution in [-0.2, 0) is 0 Å². The summed E-state index contributed by atoms with van der Waals surface area (Å²) in [5.41, 5.74) is 3.61. The maximum absolute atomic E-state index is 13.3. The van der Waals surface area contributed by atoms with Gasteiger partial charge in [-0.05, 0) is 49.2 Å². The third-order valence-electron chi connectivity index (χ3n) is 6.23. The van der Waals surface area contributed by atoms with Crippen molar-refractivity contribution in [3.63, 3.8) is 0 Å². The molecule has 32 heavy (non-hydrogen) atoms. The highest BCUT2D eigenvalue weighted by Gasteiger charge is 2.24. The van der Waals surface area contributed by atoms with Crippen LogP contribution in [0.25, 0.3) is 11.3 Å². The van der Waals surface area contributed by atoms with Crippen molar-refractivity contribution in [2.45, 2.75) is 12.8 Å². The van der Waals surface area contributed by atoms with E-state index in [1.165, 1.54) is 12.8 Å². The van der Waals surface area contributed by atoms with Crippen LogP contribution >= 0.6 is 11.6 Å². The Hall–Kier alpha value is -3.12. The highest BCUT2D eigenvalue weighted by atomic mass is 35.5. The number of hydrogen-bond donors (Lipinski definition) is 0. The minimum Gasteiger partial charge on any atom is -0.368 e. The van der Waals surface area contributed by atoms with E-state index in [4.69, 9.17) is 11.6 Å². The molecule has 6 nitrogen and oxygen atoms in total. The van der Waals surface area contributed by atoms with E-state index in [2.05, 4.69) is 19.8 Å². The zero-order valence-corrected chi connectivity index (χ0v) is 18.7. The van der Waals surface area contributed by atoms with Crippen molar-refractivity contribution in [2.75, 3.05) is 49.1 Å². The normalized spacial score (nSPS) is 16.5. The van der Waals surface area contributed by atoms with Gasteiger partial charge in [-0.15, -0.1) is 0 Å². The third kappa shape index (κ3) is 4.28. The molecule has 0 saturated carbocycles. The van der Waals surface area contributed by atoms with E-state index in [1.807, 2.05) is 53.4 Å². The number of hydrogen-bond acceptors (Lipinski definition) is 5. The lowest BCUT2D eigenvalue weighted by molar-refractivity contribution is 0.0747. The maximum Gasteiger partial charge on any atom is 0.253 e. The second-order valence-corrected chi connectivity index (χ2v) is 8.70. The van der Waals surface area contributed by atoms with E-state index < -0.39 is 0 Å². The van der Waals surface area contributed by atoms with E-state index in [0.717, 1.165) is 54.0 Å². The molecule has 3 aromatic rings. The summed E-state index contributed by atoms with van der Waals surface area (Å²) in [5.74, 6) is 0.973. The van der Waals surface area contributed by atoms with E-state index in [-0.39, 0.29) is 5.91 Å². The molecule has 0 spiro atoms. The number of carbonyl (C=O) groups is 1. The average molecular weight is 448 g/mol.